The summed E-state index contributed by atoms with van der Waals surface area (Å²) in [7, 11) is 1.32. The number of ether oxygens (including phenoxy) is 1. The number of carbonyl (C=O) groups excluding carboxylic acids is 1. The van der Waals surface area contributed by atoms with Gasteiger partial charge in [-0.2, -0.15) is 5.10 Å². The van der Waals surface area contributed by atoms with Crippen molar-refractivity contribution < 1.29 is 14.5 Å². The van der Waals surface area contributed by atoms with Crippen LogP contribution in [0, 0.1) is 17.0 Å². The summed E-state index contributed by atoms with van der Waals surface area (Å²) in [5.74, 6) is -0.159. The Bertz CT molecular complexity index is 1080. The van der Waals surface area contributed by atoms with E-state index >= 15 is 0 Å². The first kappa shape index (κ1) is 20.6. The summed E-state index contributed by atoms with van der Waals surface area (Å²) < 4.78 is 6.60. The summed E-state index contributed by atoms with van der Waals surface area (Å²) in [6, 6.07) is 10.9. The molecule has 0 saturated carbocycles. The number of nitrogens with one attached hydrogen (secondary N) is 1. The molecule has 2 aromatic carbocycles. The average molecular weight is 435 g/mol. The highest BCUT2D eigenvalue weighted by Crippen LogP contribution is 2.28. The van der Waals surface area contributed by atoms with E-state index in [1.165, 1.54) is 19.2 Å². The number of benzene rings is 2. The Labute approximate surface area is 176 Å². The second-order valence-electron chi connectivity index (χ2n) is 6.13. The fourth-order valence-corrected chi connectivity index (χ4v) is 3.24. The molecule has 10 heteroatoms. The van der Waals surface area contributed by atoms with Crippen molar-refractivity contribution in [3.63, 3.8) is 0 Å². The highest BCUT2D eigenvalue weighted by Gasteiger charge is 2.19. The van der Waals surface area contributed by atoms with Crippen LogP contribution in [-0.2, 0) is 6.54 Å². The minimum atomic E-state index is -0.609. The Morgan fingerprint density at radius 3 is 2.55 bits per heavy atom. The van der Waals surface area contributed by atoms with E-state index in [1.54, 1.807) is 28.9 Å². The topological polar surface area (TPSA) is 99.3 Å². The maximum atomic E-state index is 12.5. The van der Waals surface area contributed by atoms with E-state index in [9.17, 15) is 14.9 Å². The molecule has 0 radical (unpaired) electrons. The molecule has 3 rings (SSSR count). The molecule has 1 aromatic heterocycles. The number of aromatic nitrogens is 2. The zero-order chi connectivity index (χ0) is 21.1. The number of anilines is 1. The number of nitrogens with zero attached hydrogens (tertiary/aromatic N) is 3. The van der Waals surface area contributed by atoms with Gasteiger partial charge in [0.2, 0.25) is 0 Å². The Morgan fingerprint density at radius 1 is 1.24 bits per heavy atom. The van der Waals surface area contributed by atoms with E-state index in [1.807, 2.05) is 6.92 Å². The van der Waals surface area contributed by atoms with Gasteiger partial charge >= 0.3 is 5.69 Å². The molecule has 0 spiro atoms. The van der Waals surface area contributed by atoms with Crippen molar-refractivity contribution in [2.45, 2.75) is 13.5 Å². The van der Waals surface area contributed by atoms with E-state index in [0.29, 0.717) is 28.0 Å². The quantitative estimate of drug-likeness (QED) is 0.446. The van der Waals surface area contributed by atoms with Gasteiger partial charge in [-0.05, 0) is 31.2 Å². The first-order valence-electron chi connectivity index (χ1n) is 8.41. The Morgan fingerprint density at radius 2 is 1.93 bits per heavy atom. The molecule has 0 bridgehead atoms. The van der Waals surface area contributed by atoms with Crippen molar-refractivity contribution >= 4 is 40.6 Å². The molecule has 3 aromatic rings. The largest absolute Gasteiger partial charge is 0.490 e. The first-order chi connectivity index (χ1) is 13.8. The van der Waals surface area contributed by atoms with Gasteiger partial charge in [-0.15, -0.1) is 0 Å². The first-order valence-corrected chi connectivity index (χ1v) is 9.17. The van der Waals surface area contributed by atoms with Gasteiger partial charge in [-0.1, -0.05) is 29.3 Å². The summed E-state index contributed by atoms with van der Waals surface area (Å²) in [5, 5.41) is 19.2. The predicted octanol–water partition coefficient (Wildman–Crippen LogP) is 4.72. The number of methoxy groups -OCH3 is 1. The predicted molar refractivity (Wildman–Crippen MR) is 110 cm³/mol. The standard InChI is InChI=1S/C19H16Cl2N4O4/c1-11-8-18(23-24(11)10-13-14(20)4-3-5-15(13)21)22-19(26)12-6-7-17(29-2)16(9-12)25(27)28/h3-9H,10H2,1-2H3,(H,22,23,26). The van der Waals surface area contributed by atoms with E-state index in [2.05, 4.69) is 10.4 Å². The number of nitro benzene ring substituents is 1. The van der Waals surface area contributed by atoms with Gasteiger partial charge in [0.25, 0.3) is 5.91 Å². The van der Waals surface area contributed by atoms with Crippen molar-refractivity contribution in [3.8, 4) is 5.75 Å². The summed E-state index contributed by atoms with van der Waals surface area (Å²) >= 11 is 12.4. The minimum absolute atomic E-state index is 0.0725. The molecule has 0 fully saturated rings. The van der Waals surface area contributed by atoms with Crippen molar-refractivity contribution in [1.82, 2.24) is 9.78 Å². The molecule has 8 nitrogen and oxygen atoms in total. The van der Waals surface area contributed by atoms with Crippen LogP contribution in [0.25, 0.3) is 0 Å². The second kappa shape index (κ2) is 8.50. The lowest BCUT2D eigenvalue weighted by Gasteiger charge is -2.08. The van der Waals surface area contributed by atoms with Crippen molar-refractivity contribution in [2.75, 3.05) is 12.4 Å². The molecule has 150 valence electrons. The summed E-state index contributed by atoms with van der Waals surface area (Å²) in [6.07, 6.45) is 0. The van der Waals surface area contributed by atoms with Gasteiger partial charge in [0.1, 0.15) is 0 Å². The fraction of sp³-hybridized carbons (Fsp3) is 0.158. The number of hydrogen-bond donors (Lipinski definition) is 1. The lowest BCUT2D eigenvalue weighted by Crippen LogP contribution is -2.13. The monoisotopic (exact) mass is 434 g/mol. The van der Waals surface area contributed by atoms with Crippen LogP contribution in [-0.4, -0.2) is 27.7 Å². The lowest BCUT2D eigenvalue weighted by atomic mass is 10.1. The Balaban J connectivity index is 1.81. The van der Waals surface area contributed by atoms with Crippen LogP contribution in [0.4, 0.5) is 11.5 Å². The van der Waals surface area contributed by atoms with E-state index in [-0.39, 0.29) is 17.0 Å². The number of carbonyl (C=O) groups is 1. The van der Waals surface area contributed by atoms with Crippen LogP contribution in [0.5, 0.6) is 5.75 Å². The molecule has 29 heavy (non-hydrogen) atoms. The minimum Gasteiger partial charge on any atom is -0.490 e. The van der Waals surface area contributed by atoms with Crippen LogP contribution in [0.15, 0.2) is 42.5 Å². The van der Waals surface area contributed by atoms with Crippen LogP contribution >= 0.6 is 23.2 Å². The van der Waals surface area contributed by atoms with Crippen LogP contribution in [0.2, 0.25) is 10.0 Å². The molecule has 1 heterocycles. The third-order valence-electron chi connectivity index (χ3n) is 4.23. The van der Waals surface area contributed by atoms with Crippen LogP contribution in [0.3, 0.4) is 0 Å². The number of amides is 1. The Kier molecular flexibility index (Phi) is 6.05. The summed E-state index contributed by atoms with van der Waals surface area (Å²) in [4.78, 5) is 23.0. The zero-order valence-corrected chi connectivity index (χ0v) is 17.0. The molecule has 0 aliphatic carbocycles. The average Bonchev–Trinajstić information content (AvgIpc) is 3.03. The number of rotatable bonds is 6. The molecule has 0 unspecified atom stereocenters. The maximum absolute atomic E-state index is 12.5. The van der Waals surface area contributed by atoms with E-state index < -0.39 is 10.8 Å². The second-order valence-corrected chi connectivity index (χ2v) is 6.94. The highest BCUT2D eigenvalue weighted by atomic mass is 35.5. The number of aryl methyl sites for hydroxylation is 1. The maximum Gasteiger partial charge on any atom is 0.311 e. The number of nitro groups is 1. The van der Waals surface area contributed by atoms with Gasteiger partial charge < -0.3 is 10.1 Å². The van der Waals surface area contributed by atoms with Crippen LogP contribution in [0.1, 0.15) is 21.6 Å². The summed E-state index contributed by atoms with van der Waals surface area (Å²) in [5.41, 5.74) is 1.30. The fourth-order valence-electron chi connectivity index (χ4n) is 2.73. The van der Waals surface area contributed by atoms with Crippen molar-refractivity contribution in [3.05, 3.63) is 79.4 Å². The normalized spacial score (nSPS) is 10.6. The van der Waals surface area contributed by atoms with Crippen molar-refractivity contribution in [1.29, 1.82) is 0 Å². The molecule has 0 aliphatic heterocycles. The third-order valence-corrected chi connectivity index (χ3v) is 4.94. The molecule has 0 saturated heterocycles. The van der Waals surface area contributed by atoms with Crippen molar-refractivity contribution in [2.24, 2.45) is 0 Å². The molecule has 0 aliphatic rings. The third kappa shape index (κ3) is 4.49. The zero-order valence-electron chi connectivity index (χ0n) is 15.5. The van der Waals surface area contributed by atoms with Gasteiger partial charge in [-0.3, -0.25) is 19.6 Å². The van der Waals surface area contributed by atoms with Gasteiger partial charge in [0.05, 0.1) is 18.6 Å². The van der Waals surface area contributed by atoms with Gasteiger partial charge in [0.15, 0.2) is 11.6 Å². The smallest absolute Gasteiger partial charge is 0.311 e. The number of hydrogen-bond acceptors (Lipinski definition) is 5. The number of halogens is 2. The van der Waals surface area contributed by atoms with Gasteiger partial charge in [-0.25, -0.2) is 0 Å². The summed E-state index contributed by atoms with van der Waals surface area (Å²) in [6.45, 7) is 2.15. The molecule has 1 N–H and O–H groups in total. The lowest BCUT2D eigenvalue weighted by molar-refractivity contribution is -0.385. The highest BCUT2D eigenvalue weighted by molar-refractivity contribution is 6.35. The van der Waals surface area contributed by atoms with E-state index in [0.717, 1.165) is 11.8 Å². The molecule has 0 atom stereocenters. The van der Waals surface area contributed by atoms with Crippen LogP contribution < -0.4 is 10.1 Å². The Hall–Kier alpha value is -3.10. The molecule has 1 amide bonds. The van der Waals surface area contributed by atoms with Gasteiger partial charge in [0, 0.05) is 39.0 Å². The van der Waals surface area contributed by atoms with E-state index in [4.69, 9.17) is 27.9 Å². The SMILES string of the molecule is COc1ccc(C(=O)Nc2cc(C)n(Cc3c(Cl)cccc3Cl)n2)cc1[N+](=O)[O-]. The molecular formula is C19H16Cl2N4O4. The molecular weight excluding hydrogens is 419 g/mol.